The van der Waals surface area contributed by atoms with E-state index in [-0.39, 0.29) is 6.61 Å². The summed E-state index contributed by atoms with van der Waals surface area (Å²) in [5.74, 6) is 0.330. The lowest BCUT2D eigenvalue weighted by Crippen LogP contribution is -2.25. The van der Waals surface area contributed by atoms with Crippen molar-refractivity contribution in [3.63, 3.8) is 0 Å². The van der Waals surface area contributed by atoms with E-state index in [2.05, 4.69) is 23.0 Å². The van der Waals surface area contributed by atoms with Crippen LogP contribution in [0.1, 0.15) is 12.5 Å². The average Bonchev–Trinajstić information content (AvgIpc) is 2.19. The van der Waals surface area contributed by atoms with Crippen molar-refractivity contribution in [1.82, 2.24) is 9.88 Å². The molecule has 0 saturated carbocycles. The summed E-state index contributed by atoms with van der Waals surface area (Å²) in [6, 6.07) is 4.01. The van der Waals surface area contributed by atoms with Crippen LogP contribution in [0.4, 0.5) is 0 Å². The molecule has 1 rings (SSSR count). The zero-order valence-electron chi connectivity index (χ0n) is 8.85. The Kier molecular flexibility index (Phi) is 4.56. The molecule has 0 aromatic carbocycles. The molecule has 0 amide bonds. The number of hydrogen-bond acceptors (Lipinski definition) is 3. The lowest BCUT2D eigenvalue weighted by atomic mass is 10.2. The van der Waals surface area contributed by atoms with Crippen molar-refractivity contribution in [3.05, 3.63) is 30.1 Å². The molecule has 14 heavy (non-hydrogen) atoms. The maximum Gasteiger partial charge on any atom is 0.0468 e. The molecular weight excluding hydrogens is 176 g/mol. The minimum atomic E-state index is 0.247. The largest absolute Gasteiger partial charge is 0.396 e. The molecule has 1 aromatic rings. The van der Waals surface area contributed by atoms with Gasteiger partial charge in [-0.25, -0.2) is 0 Å². The zero-order valence-corrected chi connectivity index (χ0v) is 8.85. The van der Waals surface area contributed by atoms with Crippen LogP contribution in [-0.2, 0) is 6.54 Å². The first-order chi connectivity index (χ1) is 6.72. The molecule has 0 bridgehead atoms. The lowest BCUT2D eigenvalue weighted by Gasteiger charge is -2.19. The Bertz CT molecular complexity index is 251. The van der Waals surface area contributed by atoms with Crippen LogP contribution < -0.4 is 0 Å². The Morgan fingerprint density at radius 1 is 1.57 bits per heavy atom. The van der Waals surface area contributed by atoms with Crippen LogP contribution in [0.3, 0.4) is 0 Å². The highest BCUT2D eigenvalue weighted by Crippen LogP contribution is 2.03. The number of pyridine rings is 1. The van der Waals surface area contributed by atoms with E-state index in [4.69, 9.17) is 5.11 Å². The van der Waals surface area contributed by atoms with Gasteiger partial charge < -0.3 is 10.0 Å². The van der Waals surface area contributed by atoms with E-state index in [1.165, 1.54) is 5.56 Å². The van der Waals surface area contributed by atoms with Crippen molar-refractivity contribution in [1.29, 1.82) is 0 Å². The topological polar surface area (TPSA) is 36.4 Å². The molecule has 3 nitrogen and oxygen atoms in total. The third-order valence-corrected chi connectivity index (χ3v) is 2.11. The van der Waals surface area contributed by atoms with Gasteiger partial charge in [0, 0.05) is 32.1 Å². The van der Waals surface area contributed by atoms with Gasteiger partial charge in [0.05, 0.1) is 0 Å². The van der Waals surface area contributed by atoms with Crippen LogP contribution in [0.15, 0.2) is 24.5 Å². The number of aliphatic hydroxyl groups is 1. The summed E-state index contributed by atoms with van der Waals surface area (Å²) < 4.78 is 0. The summed E-state index contributed by atoms with van der Waals surface area (Å²) in [5, 5.41) is 8.91. The molecule has 0 aliphatic heterocycles. The van der Waals surface area contributed by atoms with Gasteiger partial charge in [0.2, 0.25) is 0 Å². The summed E-state index contributed by atoms with van der Waals surface area (Å²) in [6.07, 6.45) is 3.65. The van der Waals surface area contributed by atoms with Crippen LogP contribution in [0.5, 0.6) is 0 Å². The standard InChI is InChI=1S/C11H18N2O/c1-10(9-14)7-13(2)8-11-4-3-5-12-6-11/h3-6,10,14H,7-9H2,1-2H3. The predicted octanol–water partition coefficient (Wildman–Crippen LogP) is 1.14. The van der Waals surface area contributed by atoms with Crippen molar-refractivity contribution in [3.8, 4) is 0 Å². The van der Waals surface area contributed by atoms with Crippen molar-refractivity contribution >= 4 is 0 Å². The fourth-order valence-electron chi connectivity index (χ4n) is 1.46. The fourth-order valence-corrected chi connectivity index (χ4v) is 1.46. The average molecular weight is 194 g/mol. The van der Waals surface area contributed by atoms with Gasteiger partial charge in [-0.05, 0) is 24.6 Å². The molecule has 0 aliphatic rings. The molecule has 1 aromatic heterocycles. The highest BCUT2D eigenvalue weighted by molar-refractivity contribution is 5.07. The Hall–Kier alpha value is -0.930. The highest BCUT2D eigenvalue weighted by Gasteiger charge is 2.05. The van der Waals surface area contributed by atoms with Crippen molar-refractivity contribution in [2.45, 2.75) is 13.5 Å². The Balaban J connectivity index is 2.37. The second kappa shape index (κ2) is 5.73. The molecule has 0 spiro atoms. The first kappa shape index (κ1) is 11.1. The fraction of sp³-hybridized carbons (Fsp3) is 0.545. The molecule has 3 heteroatoms. The monoisotopic (exact) mass is 194 g/mol. The van der Waals surface area contributed by atoms with Crippen LogP contribution in [0.25, 0.3) is 0 Å². The van der Waals surface area contributed by atoms with Gasteiger partial charge in [0.25, 0.3) is 0 Å². The SMILES string of the molecule is CC(CO)CN(C)Cc1cccnc1. The summed E-state index contributed by atoms with van der Waals surface area (Å²) >= 11 is 0. The molecule has 1 N–H and O–H groups in total. The number of aliphatic hydroxyl groups excluding tert-OH is 1. The summed E-state index contributed by atoms with van der Waals surface area (Å²) in [7, 11) is 2.05. The van der Waals surface area contributed by atoms with Crippen LogP contribution in [0.2, 0.25) is 0 Å². The van der Waals surface area contributed by atoms with Gasteiger partial charge in [0.1, 0.15) is 0 Å². The van der Waals surface area contributed by atoms with Gasteiger partial charge in [-0.2, -0.15) is 0 Å². The van der Waals surface area contributed by atoms with E-state index in [1.54, 1.807) is 6.20 Å². The van der Waals surface area contributed by atoms with E-state index >= 15 is 0 Å². The van der Waals surface area contributed by atoms with E-state index < -0.39 is 0 Å². The molecule has 0 aliphatic carbocycles. The second-order valence-corrected chi connectivity index (χ2v) is 3.85. The molecular formula is C11H18N2O. The summed E-state index contributed by atoms with van der Waals surface area (Å²) in [5.41, 5.74) is 1.21. The van der Waals surface area contributed by atoms with E-state index in [9.17, 15) is 0 Å². The number of hydrogen-bond donors (Lipinski definition) is 1. The molecule has 0 radical (unpaired) electrons. The third kappa shape index (κ3) is 3.85. The van der Waals surface area contributed by atoms with Gasteiger partial charge in [-0.3, -0.25) is 4.98 Å². The van der Waals surface area contributed by atoms with Crippen LogP contribution in [-0.4, -0.2) is 35.2 Å². The van der Waals surface area contributed by atoms with Gasteiger partial charge in [-0.1, -0.05) is 13.0 Å². The first-order valence-electron chi connectivity index (χ1n) is 4.90. The molecule has 1 heterocycles. The van der Waals surface area contributed by atoms with Crippen LogP contribution >= 0.6 is 0 Å². The molecule has 0 saturated heterocycles. The Labute approximate surface area is 85.4 Å². The quantitative estimate of drug-likeness (QED) is 0.763. The lowest BCUT2D eigenvalue weighted by molar-refractivity contribution is 0.187. The van der Waals surface area contributed by atoms with E-state index in [0.717, 1.165) is 13.1 Å². The Morgan fingerprint density at radius 2 is 2.36 bits per heavy atom. The smallest absolute Gasteiger partial charge is 0.0468 e. The number of rotatable bonds is 5. The molecule has 0 fully saturated rings. The number of nitrogens with zero attached hydrogens (tertiary/aromatic N) is 2. The normalized spacial score (nSPS) is 13.1. The number of aromatic nitrogens is 1. The molecule has 78 valence electrons. The first-order valence-corrected chi connectivity index (χ1v) is 4.90. The zero-order chi connectivity index (χ0) is 10.4. The predicted molar refractivity (Wildman–Crippen MR) is 56.8 cm³/mol. The maximum absolute atomic E-state index is 8.91. The summed E-state index contributed by atoms with van der Waals surface area (Å²) in [6.45, 7) is 4.08. The van der Waals surface area contributed by atoms with E-state index in [0.29, 0.717) is 5.92 Å². The second-order valence-electron chi connectivity index (χ2n) is 3.85. The molecule has 1 unspecified atom stereocenters. The van der Waals surface area contributed by atoms with Crippen molar-refractivity contribution in [2.75, 3.05) is 20.2 Å². The van der Waals surface area contributed by atoms with Crippen molar-refractivity contribution < 1.29 is 5.11 Å². The third-order valence-electron chi connectivity index (χ3n) is 2.11. The molecule has 1 atom stereocenters. The van der Waals surface area contributed by atoms with Crippen LogP contribution in [0, 0.1) is 5.92 Å². The maximum atomic E-state index is 8.91. The minimum absolute atomic E-state index is 0.247. The van der Waals surface area contributed by atoms with E-state index in [1.807, 2.05) is 19.2 Å². The highest BCUT2D eigenvalue weighted by atomic mass is 16.3. The van der Waals surface area contributed by atoms with Gasteiger partial charge in [0.15, 0.2) is 0 Å². The van der Waals surface area contributed by atoms with Crippen molar-refractivity contribution in [2.24, 2.45) is 5.92 Å². The van der Waals surface area contributed by atoms with Gasteiger partial charge in [-0.15, -0.1) is 0 Å². The Morgan fingerprint density at radius 3 is 2.93 bits per heavy atom. The summed E-state index contributed by atoms with van der Waals surface area (Å²) in [4.78, 5) is 6.25. The van der Waals surface area contributed by atoms with Gasteiger partial charge >= 0.3 is 0 Å². The minimum Gasteiger partial charge on any atom is -0.396 e.